The first-order valence-corrected chi connectivity index (χ1v) is 11.2. The summed E-state index contributed by atoms with van der Waals surface area (Å²) in [6.45, 7) is 11.0. The number of carbonyl (C=O) groups excluding carboxylic acids is 1. The monoisotopic (exact) mass is 427 g/mol. The molecule has 31 heavy (non-hydrogen) atoms. The molecule has 1 aromatic heterocycles. The van der Waals surface area contributed by atoms with E-state index < -0.39 is 0 Å². The molecule has 168 valence electrons. The van der Waals surface area contributed by atoms with E-state index in [4.69, 9.17) is 9.26 Å². The lowest BCUT2D eigenvalue weighted by Gasteiger charge is -2.38. The quantitative estimate of drug-likeness (QED) is 0.701. The molecule has 1 aromatic carbocycles. The maximum absolute atomic E-state index is 12.7. The van der Waals surface area contributed by atoms with E-state index >= 15 is 0 Å². The number of ether oxygens (including phenoxy) is 1. The van der Waals surface area contributed by atoms with Crippen molar-refractivity contribution in [2.45, 2.75) is 26.8 Å². The lowest BCUT2D eigenvalue weighted by Crippen LogP contribution is -2.51. The molecule has 2 aliphatic rings. The van der Waals surface area contributed by atoms with Gasteiger partial charge in [0.05, 0.1) is 20.2 Å². The summed E-state index contributed by atoms with van der Waals surface area (Å²) in [6.07, 6.45) is 1.22. The number of hydrogen-bond acceptors (Lipinski definition) is 7. The van der Waals surface area contributed by atoms with Gasteiger partial charge in [-0.1, -0.05) is 19.0 Å². The SMILES string of the molecule is COc1ccc(-c2noc(CN3CCN(CC(=O)N4CC(C)CC(C)C4)CC3)n2)cc1. The van der Waals surface area contributed by atoms with E-state index in [1.165, 1.54) is 6.42 Å². The summed E-state index contributed by atoms with van der Waals surface area (Å²) < 4.78 is 10.6. The largest absolute Gasteiger partial charge is 0.497 e. The standard InChI is InChI=1S/C23H33N5O3/c1-17-12-18(2)14-28(13-17)22(29)16-27-10-8-26(9-11-27)15-21-24-23(25-31-21)19-4-6-20(30-3)7-5-19/h4-7,17-18H,8-16H2,1-3H3. The number of rotatable bonds is 6. The first kappa shape index (κ1) is 21.8. The molecule has 2 aromatic rings. The van der Waals surface area contributed by atoms with Gasteiger partial charge in [0.1, 0.15) is 5.75 Å². The second kappa shape index (κ2) is 9.78. The molecule has 2 aliphatic heterocycles. The fourth-order valence-corrected chi connectivity index (χ4v) is 4.63. The molecule has 2 unspecified atom stereocenters. The fraction of sp³-hybridized carbons (Fsp3) is 0.609. The van der Waals surface area contributed by atoms with Gasteiger partial charge in [-0.15, -0.1) is 0 Å². The van der Waals surface area contributed by atoms with Gasteiger partial charge in [0.2, 0.25) is 17.6 Å². The average molecular weight is 428 g/mol. The Morgan fingerprint density at radius 1 is 1.06 bits per heavy atom. The highest BCUT2D eigenvalue weighted by molar-refractivity contribution is 5.78. The van der Waals surface area contributed by atoms with E-state index in [1.807, 2.05) is 24.3 Å². The Bertz CT molecular complexity index is 850. The first-order chi connectivity index (χ1) is 15.0. The summed E-state index contributed by atoms with van der Waals surface area (Å²) in [5, 5.41) is 4.11. The van der Waals surface area contributed by atoms with Gasteiger partial charge in [-0.25, -0.2) is 0 Å². The summed E-state index contributed by atoms with van der Waals surface area (Å²) in [7, 11) is 1.64. The molecule has 8 nitrogen and oxygen atoms in total. The second-order valence-electron chi connectivity index (χ2n) is 9.04. The Kier molecular flexibility index (Phi) is 6.87. The van der Waals surface area contributed by atoms with Crippen LogP contribution in [0.1, 0.15) is 26.2 Å². The molecule has 3 heterocycles. The fourth-order valence-electron chi connectivity index (χ4n) is 4.63. The highest BCUT2D eigenvalue weighted by Gasteiger charge is 2.27. The number of hydrogen-bond donors (Lipinski definition) is 0. The van der Waals surface area contributed by atoms with Crippen LogP contribution in [0.2, 0.25) is 0 Å². The zero-order valence-electron chi connectivity index (χ0n) is 18.8. The smallest absolute Gasteiger partial charge is 0.241 e. The zero-order chi connectivity index (χ0) is 21.8. The summed E-state index contributed by atoms with van der Waals surface area (Å²) in [4.78, 5) is 23.9. The molecule has 2 atom stereocenters. The van der Waals surface area contributed by atoms with E-state index in [-0.39, 0.29) is 5.91 Å². The molecule has 0 spiro atoms. The van der Waals surface area contributed by atoms with Crippen LogP contribution in [0.15, 0.2) is 28.8 Å². The number of piperidine rings is 1. The lowest BCUT2D eigenvalue weighted by molar-refractivity contribution is -0.135. The Balaban J connectivity index is 1.24. The molecular formula is C23H33N5O3. The minimum absolute atomic E-state index is 0.271. The predicted molar refractivity (Wildman–Crippen MR) is 118 cm³/mol. The maximum atomic E-state index is 12.7. The molecule has 1 amide bonds. The van der Waals surface area contributed by atoms with Crippen LogP contribution in [0.25, 0.3) is 11.4 Å². The van der Waals surface area contributed by atoms with Gasteiger partial charge in [-0.05, 0) is 42.5 Å². The van der Waals surface area contributed by atoms with Crippen molar-refractivity contribution in [1.29, 1.82) is 0 Å². The Labute approximate surface area is 184 Å². The van der Waals surface area contributed by atoms with E-state index in [9.17, 15) is 4.79 Å². The van der Waals surface area contributed by atoms with Crippen molar-refractivity contribution in [2.24, 2.45) is 11.8 Å². The molecule has 0 N–H and O–H groups in total. The number of aromatic nitrogens is 2. The average Bonchev–Trinajstić information content (AvgIpc) is 3.23. The van der Waals surface area contributed by atoms with E-state index in [2.05, 4.69) is 38.7 Å². The number of likely N-dealkylation sites (tertiary alicyclic amines) is 1. The second-order valence-corrected chi connectivity index (χ2v) is 9.04. The van der Waals surface area contributed by atoms with Crippen LogP contribution in [0, 0.1) is 11.8 Å². The van der Waals surface area contributed by atoms with Gasteiger partial charge in [0.15, 0.2) is 0 Å². The van der Waals surface area contributed by atoms with Crippen LogP contribution in [0.5, 0.6) is 5.75 Å². The summed E-state index contributed by atoms with van der Waals surface area (Å²) in [5.41, 5.74) is 0.903. The maximum Gasteiger partial charge on any atom is 0.241 e. The van der Waals surface area contributed by atoms with Crippen LogP contribution in [-0.4, -0.2) is 83.7 Å². The number of methoxy groups -OCH3 is 1. The van der Waals surface area contributed by atoms with Crippen LogP contribution in [0.4, 0.5) is 0 Å². The summed E-state index contributed by atoms with van der Waals surface area (Å²) in [6, 6.07) is 7.62. The van der Waals surface area contributed by atoms with Crippen LogP contribution in [0.3, 0.4) is 0 Å². The van der Waals surface area contributed by atoms with Gasteiger partial charge >= 0.3 is 0 Å². The number of nitrogens with zero attached hydrogens (tertiary/aromatic N) is 5. The molecule has 0 aliphatic carbocycles. The minimum Gasteiger partial charge on any atom is -0.497 e. The molecule has 0 radical (unpaired) electrons. The molecule has 2 saturated heterocycles. The minimum atomic E-state index is 0.271. The lowest BCUT2D eigenvalue weighted by atomic mass is 9.92. The third kappa shape index (κ3) is 5.62. The molecule has 0 saturated carbocycles. The number of benzene rings is 1. The third-order valence-corrected chi connectivity index (χ3v) is 6.22. The van der Waals surface area contributed by atoms with Crippen LogP contribution < -0.4 is 4.74 Å². The number of piperazine rings is 1. The van der Waals surface area contributed by atoms with Crippen molar-refractivity contribution in [3.63, 3.8) is 0 Å². The zero-order valence-corrected chi connectivity index (χ0v) is 18.8. The van der Waals surface area contributed by atoms with Crippen molar-refractivity contribution in [1.82, 2.24) is 24.8 Å². The van der Waals surface area contributed by atoms with Crippen molar-refractivity contribution in [3.05, 3.63) is 30.2 Å². The molecular weight excluding hydrogens is 394 g/mol. The van der Waals surface area contributed by atoms with Crippen molar-refractivity contribution in [2.75, 3.05) is 52.9 Å². The van der Waals surface area contributed by atoms with E-state index in [0.29, 0.717) is 36.6 Å². The van der Waals surface area contributed by atoms with Gasteiger partial charge < -0.3 is 14.2 Å². The van der Waals surface area contributed by atoms with E-state index in [0.717, 1.165) is 50.6 Å². The van der Waals surface area contributed by atoms with E-state index in [1.54, 1.807) is 7.11 Å². The Morgan fingerprint density at radius 3 is 2.35 bits per heavy atom. The third-order valence-electron chi connectivity index (χ3n) is 6.22. The molecule has 0 bridgehead atoms. The Morgan fingerprint density at radius 2 is 1.71 bits per heavy atom. The van der Waals surface area contributed by atoms with Crippen LogP contribution >= 0.6 is 0 Å². The van der Waals surface area contributed by atoms with Crippen molar-refractivity contribution in [3.8, 4) is 17.1 Å². The molecule has 4 rings (SSSR count). The highest BCUT2D eigenvalue weighted by atomic mass is 16.5. The highest BCUT2D eigenvalue weighted by Crippen LogP contribution is 2.22. The topological polar surface area (TPSA) is 74.9 Å². The first-order valence-electron chi connectivity index (χ1n) is 11.2. The number of amides is 1. The van der Waals surface area contributed by atoms with Crippen molar-refractivity contribution >= 4 is 5.91 Å². The Hall–Kier alpha value is -2.45. The summed E-state index contributed by atoms with van der Waals surface area (Å²) >= 11 is 0. The molecule has 8 heteroatoms. The van der Waals surface area contributed by atoms with Gasteiger partial charge in [0.25, 0.3) is 0 Å². The normalized spacial score (nSPS) is 23.1. The van der Waals surface area contributed by atoms with Crippen LogP contribution in [-0.2, 0) is 11.3 Å². The predicted octanol–water partition coefficient (Wildman–Crippen LogP) is 2.37. The van der Waals surface area contributed by atoms with Gasteiger partial charge in [-0.2, -0.15) is 4.98 Å². The van der Waals surface area contributed by atoms with Crippen molar-refractivity contribution < 1.29 is 14.1 Å². The van der Waals surface area contributed by atoms with Gasteiger partial charge in [0, 0.05) is 44.8 Å². The summed E-state index contributed by atoms with van der Waals surface area (Å²) in [5.74, 6) is 3.48. The molecule has 2 fully saturated rings. The van der Waals surface area contributed by atoms with Gasteiger partial charge in [-0.3, -0.25) is 14.6 Å². The number of carbonyl (C=O) groups is 1.